The molecule has 3 heteroatoms. The molecule has 0 spiro atoms. The average molecular weight is 547 g/mol. The molecule has 4 aliphatic carbocycles. The number of halogens is 1. The van der Waals surface area contributed by atoms with Crippen LogP contribution < -0.4 is 24.0 Å². The van der Waals surface area contributed by atoms with Gasteiger partial charge >= 0.3 is 0 Å². The van der Waals surface area contributed by atoms with E-state index in [9.17, 15) is 5.11 Å². The third-order valence-electron chi connectivity index (χ3n) is 10.5. The Labute approximate surface area is 207 Å². The van der Waals surface area contributed by atoms with E-state index in [2.05, 4.69) is 47.0 Å². The lowest BCUT2D eigenvalue weighted by Crippen LogP contribution is -3.00. The van der Waals surface area contributed by atoms with Crippen molar-refractivity contribution in [2.45, 2.75) is 104 Å². The lowest BCUT2D eigenvalue weighted by atomic mass is 9.47. The van der Waals surface area contributed by atoms with E-state index in [4.69, 9.17) is 0 Å². The molecule has 0 aromatic rings. The SMILES string of the molecule is CC(C)[S+](C)CC[C@@H](C)C1CCC2C3CC=C4C[C@@H](O)CC[C@]4(C)C3CC[C@@]21C.[I-]. The Balaban J connectivity index is 0.00000256. The summed E-state index contributed by atoms with van der Waals surface area (Å²) in [4.78, 5) is 0. The van der Waals surface area contributed by atoms with Crippen LogP contribution in [0.2, 0.25) is 0 Å². The quantitative estimate of drug-likeness (QED) is 0.318. The Hall–Kier alpha value is 0.780. The molecule has 3 fully saturated rings. The molecule has 0 amide bonds. The maximum Gasteiger partial charge on any atom is 0.112 e. The van der Waals surface area contributed by atoms with E-state index in [0.29, 0.717) is 21.7 Å². The smallest absolute Gasteiger partial charge is 0.112 e. The van der Waals surface area contributed by atoms with Crippen molar-refractivity contribution in [1.82, 2.24) is 0 Å². The first-order valence-electron chi connectivity index (χ1n) is 12.7. The molecule has 0 aliphatic heterocycles. The van der Waals surface area contributed by atoms with E-state index in [1.165, 1.54) is 50.7 Å². The van der Waals surface area contributed by atoms with Gasteiger partial charge in [0.15, 0.2) is 0 Å². The summed E-state index contributed by atoms with van der Waals surface area (Å²) in [6, 6.07) is 0. The maximum atomic E-state index is 10.2. The van der Waals surface area contributed by atoms with Crippen LogP contribution in [0.5, 0.6) is 0 Å². The average Bonchev–Trinajstić information content (AvgIpc) is 3.03. The first-order chi connectivity index (χ1) is 13.7. The second kappa shape index (κ2) is 9.57. The number of rotatable bonds is 5. The highest BCUT2D eigenvalue weighted by atomic mass is 127. The van der Waals surface area contributed by atoms with Crippen LogP contribution in [-0.2, 0) is 10.9 Å². The summed E-state index contributed by atoms with van der Waals surface area (Å²) in [5.74, 6) is 6.01. The Morgan fingerprint density at radius 1 is 1.07 bits per heavy atom. The van der Waals surface area contributed by atoms with Gasteiger partial charge in [0.25, 0.3) is 0 Å². The molecule has 0 heterocycles. The number of fused-ring (bicyclic) bond motifs is 5. The van der Waals surface area contributed by atoms with Crippen molar-refractivity contribution in [2.75, 3.05) is 12.0 Å². The monoisotopic (exact) mass is 546 g/mol. The molecule has 3 saturated carbocycles. The summed E-state index contributed by atoms with van der Waals surface area (Å²) in [5.41, 5.74) is 2.59. The van der Waals surface area contributed by atoms with Crippen molar-refractivity contribution in [3.63, 3.8) is 0 Å². The normalized spacial score (nSPS) is 44.9. The van der Waals surface area contributed by atoms with Gasteiger partial charge in [-0.3, -0.25) is 0 Å². The van der Waals surface area contributed by atoms with Gasteiger partial charge < -0.3 is 29.1 Å². The standard InChI is InChI=1S/C27H47OS.HI/c1-18(2)29(6)16-13-19(3)23-9-10-24-22-8-7-20-17-21(28)11-14-26(20,4)25(22)12-15-27(23,24)5;/h7,18-19,21-25,28H,8-17H2,1-6H3;1H/q+1;/p-1/t19-,21+,22?,23?,24?,25?,26+,27-,29?;/m1./s1. The van der Waals surface area contributed by atoms with Crippen LogP contribution in [0, 0.1) is 40.4 Å². The molecule has 174 valence electrons. The van der Waals surface area contributed by atoms with Crippen molar-refractivity contribution in [3.8, 4) is 0 Å². The van der Waals surface area contributed by atoms with Gasteiger partial charge in [0.05, 0.1) is 12.4 Å². The minimum absolute atomic E-state index is 0. The summed E-state index contributed by atoms with van der Waals surface area (Å²) in [6.07, 6.45) is 16.8. The summed E-state index contributed by atoms with van der Waals surface area (Å²) in [7, 11) is 0.586. The van der Waals surface area contributed by atoms with Gasteiger partial charge in [-0.05, 0) is 123 Å². The van der Waals surface area contributed by atoms with Crippen molar-refractivity contribution in [2.24, 2.45) is 40.4 Å². The first kappa shape index (κ1) is 25.4. The fraction of sp³-hybridized carbons (Fsp3) is 0.926. The summed E-state index contributed by atoms with van der Waals surface area (Å²) < 4.78 is 0. The number of hydrogen-bond donors (Lipinski definition) is 1. The molecule has 0 aromatic carbocycles. The van der Waals surface area contributed by atoms with Crippen LogP contribution in [0.25, 0.3) is 0 Å². The lowest BCUT2D eigenvalue weighted by molar-refractivity contribution is -0.0568. The molecule has 0 saturated heterocycles. The van der Waals surface area contributed by atoms with Gasteiger partial charge in [-0.25, -0.2) is 0 Å². The Morgan fingerprint density at radius 2 is 1.80 bits per heavy atom. The zero-order chi connectivity index (χ0) is 21.0. The predicted molar refractivity (Wildman–Crippen MR) is 128 cm³/mol. The molecule has 0 bridgehead atoms. The highest BCUT2D eigenvalue weighted by Crippen LogP contribution is 2.67. The van der Waals surface area contributed by atoms with Crippen LogP contribution in [0.3, 0.4) is 0 Å². The molecule has 9 atom stereocenters. The maximum absolute atomic E-state index is 10.2. The molecule has 30 heavy (non-hydrogen) atoms. The van der Waals surface area contributed by atoms with Crippen LogP contribution in [-0.4, -0.2) is 28.5 Å². The van der Waals surface area contributed by atoms with E-state index in [0.717, 1.165) is 47.7 Å². The predicted octanol–water partition coefficient (Wildman–Crippen LogP) is 3.61. The third kappa shape index (κ3) is 4.31. The van der Waals surface area contributed by atoms with Gasteiger partial charge in [0.2, 0.25) is 0 Å². The molecule has 5 unspecified atom stereocenters. The highest BCUT2D eigenvalue weighted by molar-refractivity contribution is 7.96. The lowest BCUT2D eigenvalue weighted by Gasteiger charge is -2.58. The van der Waals surface area contributed by atoms with Gasteiger partial charge in [0.1, 0.15) is 11.0 Å². The topological polar surface area (TPSA) is 20.2 Å². The fourth-order valence-electron chi connectivity index (χ4n) is 8.43. The van der Waals surface area contributed by atoms with Crippen LogP contribution in [0.15, 0.2) is 11.6 Å². The van der Waals surface area contributed by atoms with E-state index < -0.39 is 0 Å². The summed E-state index contributed by atoms with van der Waals surface area (Å²) in [6.45, 7) is 12.6. The van der Waals surface area contributed by atoms with E-state index in [1.807, 2.05) is 0 Å². The summed E-state index contributed by atoms with van der Waals surface area (Å²) in [5, 5.41) is 11.1. The molecule has 0 radical (unpaired) electrons. The second-order valence-electron chi connectivity index (χ2n) is 12.1. The van der Waals surface area contributed by atoms with Gasteiger partial charge in [0, 0.05) is 0 Å². The Bertz CT molecular complexity index is 632. The molecule has 4 aliphatic rings. The number of hydrogen-bond acceptors (Lipinski definition) is 1. The van der Waals surface area contributed by atoms with Crippen molar-refractivity contribution < 1.29 is 29.1 Å². The molecular weight excluding hydrogens is 499 g/mol. The molecule has 1 nitrogen and oxygen atoms in total. The van der Waals surface area contributed by atoms with Crippen molar-refractivity contribution in [3.05, 3.63) is 11.6 Å². The van der Waals surface area contributed by atoms with Gasteiger partial charge in [-0.15, -0.1) is 0 Å². The van der Waals surface area contributed by atoms with Gasteiger partial charge in [-0.2, -0.15) is 0 Å². The summed E-state index contributed by atoms with van der Waals surface area (Å²) >= 11 is 0. The molecule has 4 rings (SSSR count). The van der Waals surface area contributed by atoms with E-state index in [1.54, 1.807) is 5.57 Å². The van der Waals surface area contributed by atoms with Crippen molar-refractivity contribution in [1.29, 1.82) is 0 Å². The van der Waals surface area contributed by atoms with E-state index >= 15 is 0 Å². The second-order valence-corrected chi connectivity index (χ2v) is 14.8. The zero-order valence-corrected chi connectivity index (χ0v) is 23.4. The van der Waals surface area contributed by atoms with Crippen LogP contribution >= 0.6 is 0 Å². The highest BCUT2D eigenvalue weighted by Gasteiger charge is 2.59. The third-order valence-corrected chi connectivity index (χ3v) is 13.0. The van der Waals surface area contributed by atoms with Gasteiger partial charge in [-0.1, -0.05) is 32.4 Å². The zero-order valence-electron chi connectivity index (χ0n) is 20.4. The minimum Gasteiger partial charge on any atom is -1.00 e. The number of aliphatic hydroxyl groups excluding tert-OH is 1. The Morgan fingerprint density at radius 3 is 2.50 bits per heavy atom. The van der Waals surface area contributed by atoms with Crippen LogP contribution in [0.1, 0.15) is 92.4 Å². The molecular formula is C27H47IOS. The molecule has 1 N–H and O–H groups in total. The van der Waals surface area contributed by atoms with Crippen molar-refractivity contribution >= 4 is 10.9 Å². The number of aliphatic hydroxyl groups is 1. The van der Waals surface area contributed by atoms with Crippen LogP contribution in [0.4, 0.5) is 0 Å². The Kier molecular flexibility index (Phi) is 8.10. The number of allylic oxidation sites excluding steroid dienone is 1. The first-order valence-corrected chi connectivity index (χ1v) is 14.5. The largest absolute Gasteiger partial charge is 1.00 e. The minimum atomic E-state index is -0.0783. The fourth-order valence-corrected chi connectivity index (χ4v) is 9.64. The molecule has 0 aromatic heterocycles. The van der Waals surface area contributed by atoms with E-state index in [-0.39, 0.29) is 30.1 Å².